The minimum Gasteiger partial charge on any atom is -0.391 e. The zero-order chi connectivity index (χ0) is 21.0. The van der Waals surface area contributed by atoms with Gasteiger partial charge in [0.15, 0.2) is 0 Å². The minimum atomic E-state index is -3.61. The molecule has 2 aliphatic rings. The Hall–Kier alpha value is -2.49. The van der Waals surface area contributed by atoms with E-state index in [0.717, 1.165) is 18.2 Å². The summed E-state index contributed by atoms with van der Waals surface area (Å²) in [6.45, 7) is 2.03. The number of rotatable bonds is 4. The van der Waals surface area contributed by atoms with Crippen molar-refractivity contribution in [3.05, 3.63) is 48.0 Å². The van der Waals surface area contributed by atoms with E-state index >= 15 is 0 Å². The molecule has 9 heteroatoms. The number of β-amino-alcohol motifs (C(OH)–C–C–N with tert-alkyl or cyclic N) is 1. The maximum atomic E-state index is 14.3. The number of aromatic nitrogens is 1. The molecule has 0 saturated carbocycles. The molecule has 0 aliphatic carbocycles. The molecule has 158 valence electrons. The van der Waals surface area contributed by atoms with Crippen LogP contribution in [0.5, 0.6) is 0 Å². The predicted octanol–water partition coefficient (Wildman–Crippen LogP) is 3.08. The van der Waals surface area contributed by atoms with Gasteiger partial charge in [0.2, 0.25) is 10.0 Å². The van der Waals surface area contributed by atoms with E-state index in [1.807, 2.05) is 4.90 Å². The van der Waals surface area contributed by atoms with Crippen molar-refractivity contribution in [1.82, 2.24) is 9.29 Å². The Labute approximate surface area is 172 Å². The van der Waals surface area contributed by atoms with E-state index in [-0.39, 0.29) is 10.3 Å². The molecule has 3 heterocycles. The number of fused-ring (bicyclic) bond motifs is 1. The standard InChI is InChI=1S/C21H21F2N3O3S/c22-13-8-18(23)16-11-20(24-19(16)9-13)17-10-15(30(28,29)26-5-1-6-26)2-3-21(17)25-7-4-14(27)12-25/h2-3,8-11,14,24,27H,1,4-7,12H2/t14-/m0/s1. The first-order chi connectivity index (χ1) is 14.3. The molecule has 1 atom stereocenters. The number of aliphatic hydroxyl groups excluding tert-OH is 1. The van der Waals surface area contributed by atoms with Crippen LogP contribution in [0.3, 0.4) is 0 Å². The zero-order valence-corrected chi connectivity index (χ0v) is 16.9. The summed E-state index contributed by atoms with van der Waals surface area (Å²) in [5, 5.41) is 10.2. The van der Waals surface area contributed by atoms with Crippen LogP contribution in [0, 0.1) is 11.6 Å². The molecule has 3 aromatic rings. The fourth-order valence-corrected chi connectivity index (χ4v) is 5.65. The largest absolute Gasteiger partial charge is 0.391 e. The monoisotopic (exact) mass is 433 g/mol. The van der Waals surface area contributed by atoms with Gasteiger partial charge in [-0.3, -0.25) is 0 Å². The Bertz CT molecular complexity index is 1240. The van der Waals surface area contributed by atoms with Crippen molar-refractivity contribution < 1.29 is 22.3 Å². The summed E-state index contributed by atoms with van der Waals surface area (Å²) in [5.74, 6) is -1.37. The second-order valence-corrected chi connectivity index (χ2v) is 9.79. The Morgan fingerprint density at radius 3 is 2.53 bits per heavy atom. The van der Waals surface area contributed by atoms with E-state index in [1.54, 1.807) is 24.3 Å². The van der Waals surface area contributed by atoms with Crippen molar-refractivity contribution in [2.75, 3.05) is 31.1 Å². The molecule has 2 N–H and O–H groups in total. The summed E-state index contributed by atoms with van der Waals surface area (Å²) in [4.78, 5) is 5.16. The number of aliphatic hydroxyl groups is 1. The van der Waals surface area contributed by atoms with Crippen molar-refractivity contribution in [2.24, 2.45) is 0 Å². The number of benzene rings is 2. The van der Waals surface area contributed by atoms with Crippen LogP contribution in [0.1, 0.15) is 12.8 Å². The maximum absolute atomic E-state index is 14.3. The molecular weight excluding hydrogens is 412 g/mol. The molecule has 1 aromatic heterocycles. The van der Waals surface area contributed by atoms with Crippen LogP contribution in [-0.4, -0.2) is 55.1 Å². The minimum absolute atomic E-state index is 0.158. The average molecular weight is 433 g/mol. The van der Waals surface area contributed by atoms with Crippen molar-refractivity contribution in [2.45, 2.75) is 23.8 Å². The van der Waals surface area contributed by atoms with E-state index in [9.17, 15) is 22.3 Å². The molecule has 0 bridgehead atoms. The van der Waals surface area contributed by atoms with Crippen molar-refractivity contribution >= 4 is 26.6 Å². The SMILES string of the molecule is O=S(=O)(c1ccc(N2CC[C@H](O)C2)c(-c2cc3c(F)cc(F)cc3[nH]2)c1)N1CCC1. The fourth-order valence-electron chi connectivity index (χ4n) is 4.11. The highest BCUT2D eigenvalue weighted by Gasteiger charge is 2.31. The van der Waals surface area contributed by atoms with Gasteiger partial charge in [-0.1, -0.05) is 0 Å². The first-order valence-electron chi connectivity index (χ1n) is 9.88. The first kappa shape index (κ1) is 19.5. The first-order valence-corrected chi connectivity index (χ1v) is 11.3. The van der Waals surface area contributed by atoms with Crippen LogP contribution in [0.15, 0.2) is 41.3 Å². The summed E-state index contributed by atoms with van der Waals surface area (Å²) in [6, 6.07) is 8.47. The highest BCUT2D eigenvalue weighted by atomic mass is 32.2. The van der Waals surface area contributed by atoms with Gasteiger partial charge in [0.25, 0.3) is 0 Å². The lowest BCUT2D eigenvalue weighted by Crippen LogP contribution is -2.41. The summed E-state index contributed by atoms with van der Waals surface area (Å²) < 4.78 is 55.1. The second kappa shape index (κ2) is 7.04. The van der Waals surface area contributed by atoms with Gasteiger partial charge in [0.05, 0.1) is 16.5 Å². The number of H-pyrrole nitrogens is 1. The van der Waals surface area contributed by atoms with Gasteiger partial charge < -0.3 is 15.0 Å². The topological polar surface area (TPSA) is 76.6 Å². The lowest BCUT2D eigenvalue weighted by atomic mass is 10.1. The highest BCUT2D eigenvalue weighted by Crippen LogP contribution is 2.37. The second-order valence-electron chi connectivity index (χ2n) is 7.86. The molecule has 0 amide bonds. The lowest BCUT2D eigenvalue weighted by molar-refractivity contribution is 0.198. The number of nitrogens with zero attached hydrogens (tertiary/aromatic N) is 2. The molecular formula is C21H21F2N3O3S. The molecule has 6 nitrogen and oxygen atoms in total. The maximum Gasteiger partial charge on any atom is 0.243 e. The van der Waals surface area contributed by atoms with E-state index < -0.39 is 27.8 Å². The Morgan fingerprint density at radius 1 is 1.07 bits per heavy atom. The number of nitrogens with one attached hydrogen (secondary N) is 1. The summed E-state index contributed by atoms with van der Waals surface area (Å²) in [7, 11) is -3.61. The van der Waals surface area contributed by atoms with Gasteiger partial charge in [-0.25, -0.2) is 17.2 Å². The third kappa shape index (κ3) is 3.17. The Balaban J connectivity index is 1.67. The number of sulfonamides is 1. The fraction of sp³-hybridized carbons (Fsp3) is 0.333. The van der Waals surface area contributed by atoms with Crippen molar-refractivity contribution in [3.8, 4) is 11.3 Å². The van der Waals surface area contributed by atoms with Gasteiger partial charge >= 0.3 is 0 Å². The molecule has 5 rings (SSSR count). The molecule has 2 aromatic carbocycles. The molecule has 0 radical (unpaired) electrons. The molecule has 30 heavy (non-hydrogen) atoms. The van der Waals surface area contributed by atoms with Gasteiger partial charge in [0.1, 0.15) is 11.6 Å². The van der Waals surface area contributed by atoms with Crippen LogP contribution in [-0.2, 0) is 10.0 Å². The Kier molecular flexibility index (Phi) is 4.57. The Morgan fingerprint density at radius 2 is 1.87 bits per heavy atom. The summed E-state index contributed by atoms with van der Waals surface area (Å²) in [5.41, 5.74) is 2.10. The number of anilines is 1. The third-order valence-electron chi connectivity index (χ3n) is 5.87. The van der Waals surface area contributed by atoms with Crippen LogP contribution < -0.4 is 4.90 Å². The number of halogens is 2. The van der Waals surface area contributed by atoms with Crippen molar-refractivity contribution in [1.29, 1.82) is 0 Å². The van der Waals surface area contributed by atoms with Gasteiger partial charge in [-0.05, 0) is 43.2 Å². The molecule has 2 fully saturated rings. The molecule has 0 spiro atoms. The van der Waals surface area contributed by atoms with E-state index in [4.69, 9.17) is 0 Å². The smallest absolute Gasteiger partial charge is 0.243 e. The summed E-state index contributed by atoms with van der Waals surface area (Å²) >= 11 is 0. The average Bonchev–Trinajstić information content (AvgIpc) is 3.25. The number of hydrogen-bond donors (Lipinski definition) is 2. The normalized spacial score (nSPS) is 20.1. The number of hydrogen-bond acceptors (Lipinski definition) is 4. The van der Waals surface area contributed by atoms with E-state index in [1.165, 1.54) is 10.4 Å². The van der Waals surface area contributed by atoms with Crippen LogP contribution >= 0.6 is 0 Å². The van der Waals surface area contributed by atoms with Crippen LogP contribution in [0.4, 0.5) is 14.5 Å². The lowest BCUT2D eigenvalue weighted by Gasteiger charge is -2.30. The van der Waals surface area contributed by atoms with Gasteiger partial charge in [-0.15, -0.1) is 0 Å². The molecule has 2 aliphatic heterocycles. The molecule has 0 unspecified atom stereocenters. The number of aromatic amines is 1. The van der Waals surface area contributed by atoms with Crippen molar-refractivity contribution in [3.63, 3.8) is 0 Å². The highest BCUT2D eigenvalue weighted by molar-refractivity contribution is 7.89. The summed E-state index contributed by atoms with van der Waals surface area (Å²) in [6.07, 6.45) is 0.985. The van der Waals surface area contributed by atoms with E-state index in [2.05, 4.69) is 4.98 Å². The van der Waals surface area contributed by atoms with Gasteiger partial charge in [-0.2, -0.15) is 4.31 Å². The van der Waals surface area contributed by atoms with E-state index in [0.29, 0.717) is 49.4 Å². The van der Waals surface area contributed by atoms with Crippen LogP contribution in [0.2, 0.25) is 0 Å². The third-order valence-corrected chi connectivity index (χ3v) is 7.76. The van der Waals surface area contributed by atoms with Crippen LogP contribution in [0.25, 0.3) is 22.2 Å². The van der Waals surface area contributed by atoms with Gasteiger partial charge in [0, 0.05) is 54.6 Å². The molecule has 2 saturated heterocycles. The zero-order valence-electron chi connectivity index (χ0n) is 16.1. The predicted molar refractivity (Wildman–Crippen MR) is 110 cm³/mol. The quantitative estimate of drug-likeness (QED) is 0.663.